The molecule has 0 radical (unpaired) electrons. The number of furan rings is 1. The van der Waals surface area contributed by atoms with Gasteiger partial charge in [-0.25, -0.2) is 4.79 Å². The topological polar surface area (TPSA) is 96.6 Å². The zero-order valence-electron chi connectivity index (χ0n) is 15.0. The molecule has 136 valence electrons. The van der Waals surface area contributed by atoms with Gasteiger partial charge in [-0.15, -0.1) is 0 Å². The summed E-state index contributed by atoms with van der Waals surface area (Å²) < 4.78 is 5.60. The maximum atomic E-state index is 12.7. The summed E-state index contributed by atoms with van der Waals surface area (Å²) in [5, 5.41) is 12.1. The number of ketones is 1. The number of Topliss-reactive ketones (excluding diaryl/α,β-unsaturated/α-hetero) is 1. The third-order valence-electron chi connectivity index (χ3n) is 4.90. The number of hydrogen-bond acceptors (Lipinski definition) is 4. The number of hydrogen-bond donors (Lipinski definition) is 2. The molecule has 0 aliphatic heterocycles. The van der Waals surface area contributed by atoms with Crippen molar-refractivity contribution in [2.75, 3.05) is 0 Å². The number of nitrogens with one attached hydrogen (secondary N) is 1. The lowest BCUT2D eigenvalue weighted by Gasteiger charge is -2.15. The molecule has 6 nitrogen and oxygen atoms in total. The van der Waals surface area contributed by atoms with Gasteiger partial charge in [0.05, 0.1) is 5.56 Å². The van der Waals surface area contributed by atoms with Gasteiger partial charge >= 0.3 is 5.97 Å². The highest BCUT2D eigenvalue weighted by Crippen LogP contribution is 2.29. The van der Waals surface area contributed by atoms with Crippen LogP contribution in [-0.2, 0) is 11.2 Å². The van der Waals surface area contributed by atoms with Gasteiger partial charge < -0.3 is 14.8 Å². The SMILES string of the molecule is Cc1ccc(C(NC(=O)c2oc3c(c2C)C(=O)CCC3)C(=O)O)cc1C. The van der Waals surface area contributed by atoms with Crippen LogP contribution >= 0.6 is 0 Å². The fraction of sp³-hybridized carbons (Fsp3) is 0.350. The number of aryl methyl sites for hydroxylation is 3. The van der Waals surface area contributed by atoms with E-state index in [1.807, 2.05) is 19.9 Å². The highest BCUT2D eigenvalue weighted by atomic mass is 16.4. The molecule has 1 amide bonds. The van der Waals surface area contributed by atoms with Crippen molar-refractivity contribution in [1.29, 1.82) is 0 Å². The zero-order valence-corrected chi connectivity index (χ0v) is 15.0. The first kappa shape index (κ1) is 17.9. The molecule has 0 saturated heterocycles. The maximum absolute atomic E-state index is 12.7. The Labute approximate surface area is 151 Å². The van der Waals surface area contributed by atoms with E-state index in [1.54, 1.807) is 19.1 Å². The molecular formula is C20H21NO5. The van der Waals surface area contributed by atoms with E-state index in [-0.39, 0.29) is 11.5 Å². The molecule has 1 aromatic heterocycles. The first-order valence-corrected chi connectivity index (χ1v) is 8.56. The minimum Gasteiger partial charge on any atom is -0.479 e. The Hall–Kier alpha value is -2.89. The molecule has 1 unspecified atom stereocenters. The number of aliphatic carboxylic acids is 1. The van der Waals surface area contributed by atoms with Crippen LogP contribution in [-0.4, -0.2) is 22.8 Å². The monoisotopic (exact) mass is 355 g/mol. The predicted molar refractivity (Wildman–Crippen MR) is 94.5 cm³/mol. The maximum Gasteiger partial charge on any atom is 0.330 e. The molecular weight excluding hydrogens is 334 g/mol. The van der Waals surface area contributed by atoms with Gasteiger partial charge in [0.1, 0.15) is 5.76 Å². The van der Waals surface area contributed by atoms with Gasteiger partial charge in [0, 0.05) is 18.4 Å². The second kappa shape index (κ2) is 6.78. The Morgan fingerprint density at radius 1 is 1.15 bits per heavy atom. The number of amides is 1. The summed E-state index contributed by atoms with van der Waals surface area (Å²) in [5.74, 6) is -1.29. The highest BCUT2D eigenvalue weighted by Gasteiger charge is 2.31. The lowest BCUT2D eigenvalue weighted by atomic mass is 9.94. The van der Waals surface area contributed by atoms with Crippen molar-refractivity contribution in [2.45, 2.75) is 46.1 Å². The third kappa shape index (κ3) is 3.14. The Morgan fingerprint density at radius 2 is 1.88 bits per heavy atom. The Bertz CT molecular complexity index is 909. The van der Waals surface area contributed by atoms with Crippen LogP contribution in [0.4, 0.5) is 0 Å². The number of rotatable bonds is 4. The van der Waals surface area contributed by atoms with Crippen LogP contribution in [0.3, 0.4) is 0 Å². The quantitative estimate of drug-likeness (QED) is 0.877. The summed E-state index contributed by atoms with van der Waals surface area (Å²) in [4.78, 5) is 36.4. The average Bonchev–Trinajstić information content (AvgIpc) is 2.93. The van der Waals surface area contributed by atoms with Gasteiger partial charge in [0.2, 0.25) is 0 Å². The van der Waals surface area contributed by atoms with Gasteiger partial charge in [-0.1, -0.05) is 18.2 Å². The summed E-state index contributed by atoms with van der Waals surface area (Å²) in [6.45, 7) is 5.48. The Kier molecular flexibility index (Phi) is 4.68. The predicted octanol–water partition coefficient (Wildman–Crippen LogP) is 3.28. The van der Waals surface area contributed by atoms with Gasteiger partial charge in [-0.05, 0) is 43.9 Å². The molecule has 0 saturated carbocycles. The summed E-state index contributed by atoms with van der Waals surface area (Å²) in [7, 11) is 0. The molecule has 1 atom stereocenters. The normalized spacial score (nSPS) is 14.7. The van der Waals surface area contributed by atoms with Crippen molar-refractivity contribution >= 4 is 17.7 Å². The zero-order chi connectivity index (χ0) is 19.0. The third-order valence-corrected chi connectivity index (χ3v) is 4.90. The summed E-state index contributed by atoms with van der Waals surface area (Å²) in [6.07, 6.45) is 1.74. The first-order valence-electron chi connectivity index (χ1n) is 8.56. The highest BCUT2D eigenvalue weighted by molar-refractivity contribution is 6.04. The van der Waals surface area contributed by atoms with E-state index in [4.69, 9.17) is 4.42 Å². The standard InChI is InChI=1S/C20H21NO5/c1-10-7-8-13(9-11(10)2)17(20(24)25)21-19(23)18-12(3)16-14(22)5-4-6-15(16)26-18/h7-9,17H,4-6H2,1-3H3,(H,21,23)(H,24,25). The number of fused-ring (bicyclic) bond motifs is 1. The number of benzene rings is 1. The first-order chi connectivity index (χ1) is 12.3. The van der Waals surface area contributed by atoms with Crippen LogP contribution in [0.15, 0.2) is 22.6 Å². The molecule has 0 fully saturated rings. The van der Waals surface area contributed by atoms with Crippen LogP contribution < -0.4 is 5.32 Å². The lowest BCUT2D eigenvalue weighted by Crippen LogP contribution is -2.34. The molecule has 2 N–H and O–H groups in total. The molecule has 1 aromatic carbocycles. The molecule has 0 bridgehead atoms. The van der Waals surface area contributed by atoms with E-state index in [2.05, 4.69) is 5.32 Å². The lowest BCUT2D eigenvalue weighted by molar-refractivity contribution is -0.139. The largest absolute Gasteiger partial charge is 0.479 e. The number of carbonyl (C=O) groups excluding carboxylic acids is 2. The van der Waals surface area contributed by atoms with Gasteiger partial charge in [-0.2, -0.15) is 0 Å². The smallest absolute Gasteiger partial charge is 0.330 e. The number of carbonyl (C=O) groups is 3. The molecule has 6 heteroatoms. The van der Waals surface area contributed by atoms with Crippen LogP contribution in [0.1, 0.15) is 67.8 Å². The number of carboxylic acids is 1. The van der Waals surface area contributed by atoms with E-state index in [9.17, 15) is 19.5 Å². The van der Waals surface area contributed by atoms with Gasteiger partial charge in [0.25, 0.3) is 5.91 Å². The van der Waals surface area contributed by atoms with Crippen LogP contribution in [0.25, 0.3) is 0 Å². The molecule has 1 aliphatic carbocycles. The average molecular weight is 355 g/mol. The second-order valence-electron chi connectivity index (χ2n) is 6.72. The number of carboxylic acid groups (broad SMARTS) is 1. The second-order valence-corrected chi connectivity index (χ2v) is 6.72. The molecule has 3 rings (SSSR count). The van der Waals surface area contributed by atoms with Crippen LogP contribution in [0, 0.1) is 20.8 Å². The minimum atomic E-state index is -1.20. The molecule has 26 heavy (non-hydrogen) atoms. The Morgan fingerprint density at radius 3 is 2.50 bits per heavy atom. The summed E-state index contributed by atoms with van der Waals surface area (Å²) in [5.41, 5.74) is 3.42. The fourth-order valence-electron chi connectivity index (χ4n) is 3.29. The fourth-order valence-corrected chi connectivity index (χ4v) is 3.29. The van der Waals surface area contributed by atoms with E-state index < -0.39 is 17.9 Å². The van der Waals surface area contributed by atoms with Crippen molar-refractivity contribution < 1.29 is 23.9 Å². The summed E-state index contributed by atoms with van der Waals surface area (Å²) >= 11 is 0. The van der Waals surface area contributed by atoms with Crippen LogP contribution in [0.5, 0.6) is 0 Å². The van der Waals surface area contributed by atoms with Crippen LogP contribution in [0.2, 0.25) is 0 Å². The molecule has 1 aliphatic rings. The Balaban J connectivity index is 1.91. The van der Waals surface area contributed by atoms with Crippen molar-refractivity contribution in [3.63, 3.8) is 0 Å². The van der Waals surface area contributed by atoms with E-state index in [0.717, 1.165) is 11.1 Å². The van der Waals surface area contributed by atoms with Crippen molar-refractivity contribution in [1.82, 2.24) is 5.32 Å². The van der Waals surface area contributed by atoms with Crippen molar-refractivity contribution in [3.05, 3.63) is 57.5 Å². The molecule has 0 spiro atoms. The minimum absolute atomic E-state index is 0.0142. The molecule has 2 aromatic rings. The van der Waals surface area contributed by atoms with Gasteiger partial charge in [0.15, 0.2) is 17.6 Å². The van der Waals surface area contributed by atoms with Crippen molar-refractivity contribution in [3.8, 4) is 0 Å². The molecule has 1 heterocycles. The van der Waals surface area contributed by atoms with E-state index >= 15 is 0 Å². The summed E-state index contributed by atoms with van der Waals surface area (Å²) in [6, 6.07) is 4.06. The van der Waals surface area contributed by atoms with Gasteiger partial charge in [-0.3, -0.25) is 9.59 Å². The van der Waals surface area contributed by atoms with Crippen molar-refractivity contribution in [2.24, 2.45) is 0 Å². The van der Waals surface area contributed by atoms with E-state index in [0.29, 0.717) is 41.7 Å². The van der Waals surface area contributed by atoms with E-state index in [1.165, 1.54) is 0 Å².